The highest BCUT2D eigenvalue weighted by Gasteiger charge is 2.53. The first-order valence-electron chi connectivity index (χ1n) is 20.0. The Hall–Kier alpha value is -7.28. The van der Waals surface area contributed by atoms with Crippen molar-refractivity contribution in [3.8, 4) is 44.5 Å². The Morgan fingerprint density at radius 2 is 0.825 bits per heavy atom. The van der Waals surface area contributed by atoms with Crippen LogP contribution in [-0.2, 0) is 5.41 Å². The molecule has 0 aliphatic heterocycles. The Bertz CT molecular complexity index is 3480. The molecule has 11 aromatic carbocycles. The van der Waals surface area contributed by atoms with Gasteiger partial charge in [0.15, 0.2) is 0 Å². The van der Waals surface area contributed by atoms with Gasteiger partial charge in [0.25, 0.3) is 0 Å². The van der Waals surface area contributed by atoms with Gasteiger partial charge in [0.05, 0.1) is 5.41 Å². The van der Waals surface area contributed by atoms with E-state index in [1.54, 1.807) is 0 Å². The summed E-state index contributed by atoms with van der Waals surface area (Å²) in [5.41, 5.74) is 15.4. The van der Waals surface area contributed by atoms with Crippen molar-refractivity contribution in [2.75, 3.05) is 0 Å². The number of benzene rings is 11. The van der Waals surface area contributed by atoms with Crippen molar-refractivity contribution in [1.29, 1.82) is 0 Å². The van der Waals surface area contributed by atoms with Gasteiger partial charge in [-0.15, -0.1) is 0 Å². The molecule has 262 valence electrons. The Labute approximate surface area is 330 Å². The summed E-state index contributed by atoms with van der Waals surface area (Å²) >= 11 is 0. The van der Waals surface area contributed by atoms with E-state index in [1.807, 2.05) is 0 Å². The second-order valence-corrected chi connectivity index (χ2v) is 15.9. The van der Waals surface area contributed by atoms with Crippen molar-refractivity contribution in [3.05, 3.63) is 229 Å². The molecule has 0 atom stereocenters. The maximum Gasteiger partial charge on any atom is 0.0732 e. The fourth-order valence-corrected chi connectivity index (χ4v) is 11.0. The monoisotopic (exact) mass is 718 g/mol. The van der Waals surface area contributed by atoms with E-state index in [0.29, 0.717) is 0 Å². The maximum atomic E-state index is 2.47. The van der Waals surface area contributed by atoms with Gasteiger partial charge in [-0.05, 0) is 139 Å². The van der Waals surface area contributed by atoms with Crippen LogP contribution in [0.3, 0.4) is 0 Å². The van der Waals surface area contributed by atoms with Crippen LogP contribution < -0.4 is 0 Å². The van der Waals surface area contributed by atoms with Gasteiger partial charge in [-0.3, -0.25) is 0 Å². The van der Waals surface area contributed by atoms with E-state index in [2.05, 4.69) is 206 Å². The normalized spacial score (nSPS) is 13.4. The molecule has 13 rings (SSSR count). The lowest BCUT2D eigenvalue weighted by Gasteiger charge is -2.32. The van der Waals surface area contributed by atoms with Gasteiger partial charge in [0, 0.05) is 0 Å². The molecule has 1 spiro atoms. The van der Waals surface area contributed by atoms with E-state index in [9.17, 15) is 0 Å². The molecule has 0 nitrogen and oxygen atoms in total. The molecule has 57 heavy (non-hydrogen) atoms. The van der Waals surface area contributed by atoms with Crippen LogP contribution in [0, 0.1) is 0 Å². The van der Waals surface area contributed by atoms with E-state index in [0.717, 1.165) is 0 Å². The first-order chi connectivity index (χ1) is 28.3. The van der Waals surface area contributed by atoms with Crippen molar-refractivity contribution < 1.29 is 0 Å². The smallest absolute Gasteiger partial charge is 0.0619 e. The number of fused-ring (bicyclic) bond motifs is 20. The fraction of sp³-hybridized carbons (Fsp3) is 0.0175. The second kappa shape index (κ2) is 11.4. The summed E-state index contributed by atoms with van der Waals surface area (Å²) in [6, 6.07) is 77.6. The van der Waals surface area contributed by atoms with E-state index in [1.165, 1.54) is 121 Å². The molecule has 0 bridgehead atoms. The summed E-state index contributed by atoms with van der Waals surface area (Å²) in [6.45, 7) is 0. The third kappa shape index (κ3) is 4.02. The maximum absolute atomic E-state index is 2.47. The molecule has 0 radical (unpaired) electrons. The summed E-state index contributed by atoms with van der Waals surface area (Å²) in [5, 5.41) is 12.9. The molecule has 2 aliphatic carbocycles. The molecule has 0 heterocycles. The molecular weight excluding hydrogens is 685 g/mol. The highest BCUT2D eigenvalue weighted by atomic mass is 14.5. The van der Waals surface area contributed by atoms with Crippen LogP contribution in [0.1, 0.15) is 22.3 Å². The van der Waals surface area contributed by atoms with Crippen LogP contribution in [0.25, 0.3) is 98.4 Å². The Morgan fingerprint density at radius 1 is 0.246 bits per heavy atom. The fourth-order valence-electron chi connectivity index (χ4n) is 11.0. The molecule has 0 saturated carbocycles. The first kappa shape index (κ1) is 31.0. The predicted molar refractivity (Wildman–Crippen MR) is 241 cm³/mol. The zero-order valence-electron chi connectivity index (χ0n) is 31.1. The molecule has 0 N–H and O–H groups in total. The van der Waals surface area contributed by atoms with E-state index in [4.69, 9.17) is 0 Å². The molecule has 0 amide bonds. The van der Waals surface area contributed by atoms with Crippen molar-refractivity contribution in [2.45, 2.75) is 5.41 Å². The lowest BCUT2D eigenvalue weighted by molar-refractivity contribution is 0.802. The minimum absolute atomic E-state index is 0.456. The quantitative estimate of drug-likeness (QED) is 0.156. The molecule has 11 aromatic rings. The lowest BCUT2D eigenvalue weighted by Crippen LogP contribution is -2.26. The average Bonchev–Trinajstić information content (AvgIpc) is 3.77. The lowest BCUT2D eigenvalue weighted by atomic mass is 9.69. The summed E-state index contributed by atoms with van der Waals surface area (Å²) in [5.74, 6) is 0. The minimum atomic E-state index is -0.456. The average molecular weight is 719 g/mol. The van der Waals surface area contributed by atoms with Crippen molar-refractivity contribution >= 4 is 53.9 Å². The van der Waals surface area contributed by atoms with Crippen molar-refractivity contribution in [2.24, 2.45) is 0 Å². The van der Waals surface area contributed by atoms with E-state index >= 15 is 0 Å². The van der Waals surface area contributed by atoms with E-state index in [-0.39, 0.29) is 0 Å². The Kier molecular flexibility index (Phi) is 6.19. The number of rotatable bonds is 2. The molecule has 0 aromatic heterocycles. The standard InChI is InChI=1S/C57H34/c1-4-19-41-35(14-1)29-31-53-54(41)55-47-25-8-7-22-44(47)50-33-37(28-30-48(50)56(55)57(53)51-26-11-9-23-45(51)46-24-10-12-27-52(46)57)36-16-13-17-38(32-36)49-34-39-15-2-3-18-40(39)42-20-5-6-21-43(42)49/h1-34H. The van der Waals surface area contributed by atoms with Crippen LogP contribution in [-0.4, -0.2) is 0 Å². The predicted octanol–water partition coefficient (Wildman–Crippen LogP) is 15.1. The second-order valence-electron chi connectivity index (χ2n) is 15.9. The van der Waals surface area contributed by atoms with Crippen molar-refractivity contribution in [3.63, 3.8) is 0 Å². The van der Waals surface area contributed by atoms with Crippen LogP contribution >= 0.6 is 0 Å². The van der Waals surface area contributed by atoms with Crippen molar-refractivity contribution in [1.82, 2.24) is 0 Å². The first-order valence-corrected chi connectivity index (χ1v) is 20.0. The number of hydrogen-bond acceptors (Lipinski definition) is 0. The third-order valence-corrected chi connectivity index (χ3v) is 13.2. The Balaban J connectivity index is 1.12. The van der Waals surface area contributed by atoms with Gasteiger partial charge in [0.1, 0.15) is 0 Å². The summed E-state index contributed by atoms with van der Waals surface area (Å²) < 4.78 is 0. The van der Waals surface area contributed by atoms with Crippen LogP contribution in [0.4, 0.5) is 0 Å². The minimum Gasteiger partial charge on any atom is -0.0619 e. The molecule has 0 saturated heterocycles. The van der Waals surface area contributed by atoms with Gasteiger partial charge in [-0.2, -0.15) is 0 Å². The SMILES string of the molecule is c1cc(-c2ccc3c4c(c5ccccc5c3c2)-c2c(ccc3ccccc23)C42c3ccccc3-c3ccccc32)cc(-c2cc3ccccc3c3ccccc23)c1. The largest absolute Gasteiger partial charge is 0.0732 e. The Morgan fingerprint density at radius 3 is 1.60 bits per heavy atom. The van der Waals surface area contributed by atoms with Gasteiger partial charge in [0.2, 0.25) is 0 Å². The summed E-state index contributed by atoms with van der Waals surface area (Å²) in [6.07, 6.45) is 0. The van der Waals surface area contributed by atoms with Gasteiger partial charge in [-0.1, -0.05) is 188 Å². The summed E-state index contributed by atoms with van der Waals surface area (Å²) in [7, 11) is 0. The highest BCUT2D eigenvalue weighted by molar-refractivity contribution is 6.23. The van der Waals surface area contributed by atoms with Crippen LogP contribution in [0.5, 0.6) is 0 Å². The number of hydrogen-bond donors (Lipinski definition) is 0. The zero-order chi connectivity index (χ0) is 37.2. The molecular formula is C57H34. The molecule has 0 unspecified atom stereocenters. The van der Waals surface area contributed by atoms with Crippen LogP contribution in [0.15, 0.2) is 206 Å². The molecule has 0 heteroatoms. The molecule has 2 aliphatic rings. The molecule has 0 fully saturated rings. The van der Waals surface area contributed by atoms with Gasteiger partial charge in [-0.25, -0.2) is 0 Å². The van der Waals surface area contributed by atoms with E-state index < -0.39 is 5.41 Å². The van der Waals surface area contributed by atoms with Gasteiger partial charge < -0.3 is 0 Å². The highest BCUT2D eigenvalue weighted by Crippen LogP contribution is 2.66. The summed E-state index contributed by atoms with van der Waals surface area (Å²) in [4.78, 5) is 0. The van der Waals surface area contributed by atoms with Crippen LogP contribution in [0.2, 0.25) is 0 Å². The van der Waals surface area contributed by atoms with Gasteiger partial charge >= 0.3 is 0 Å². The zero-order valence-corrected chi connectivity index (χ0v) is 31.1. The third-order valence-electron chi connectivity index (χ3n) is 13.2. The topological polar surface area (TPSA) is 0 Å².